The predicted molar refractivity (Wildman–Crippen MR) is 130 cm³/mol. The van der Waals surface area contributed by atoms with E-state index in [1.807, 2.05) is 6.92 Å². The summed E-state index contributed by atoms with van der Waals surface area (Å²) in [6.07, 6.45) is 3.93. The lowest BCUT2D eigenvalue weighted by molar-refractivity contribution is 0.388. The number of fused-ring (bicyclic) bond motifs is 1. The molecular formula is C22H25ClFN5O5S. The fourth-order valence-electron chi connectivity index (χ4n) is 3.58. The second-order valence-electron chi connectivity index (χ2n) is 7.48. The molecule has 2 heterocycles. The molecule has 2 aromatic heterocycles. The summed E-state index contributed by atoms with van der Waals surface area (Å²) in [6.45, 7) is 2.30. The first kappa shape index (κ1) is 26.3. The van der Waals surface area contributed by atoms with Gasteiger partial charge in [-0.25, -0.2) is 12.8 Å². The number of aryl methyl sites for hydroxylation is 1. The van der Waals surface area contributed by atoms with Crippen LogP contribution in [0.5, 0.6) is 11.5 Å². The average molecular weight is 526 g/mol. The summed E-state index contributed by atoms with van der Waals surface area (Å²) in [5.74, 6) is -0.930. The van der Waals surface area contributed by atoms with Gasteiger partial charge >= 0.3 is 0 Å². The molecule has 188 valence electrons. The number of hydrogen-bond donors (Lipinski definition) is 2. The molecule has 0 aliphatic carbocycles. The first-order chi connectivity index (χ1) is 16.3. The Balaban J connectivity index is 0.00000342. The summed E-state index contributed by atoms with van der Waals surface area (Å²) in [7, 11) is -1.49. The van der Waals surface area contributed by atoms with E-state index in [-0.39, 0.29) is 57.7 Å². The highest BCUT2D eigenvalue weighted by Crippen LogP contribution is 2.38. The molecule has 0 saturated carbocycles. The molecule has 0 spiro atoms. The van der Waals surface area contributed by atoms with Gasteiger partial charge in [0.1, 0.15) is 16.0 Å². The monoisotopic (exact) mass is 525 g/mol. The van der Waals surface area contributed by atoms with Crippen LogP contribution in [0.1, 0.15) is 23.6 Å². The number of hydrogen-bond acceptors (Lipinski definition) is 8. The van der Waals surface area contributed by atoms with E-state index in [0.29, 0.717) is 13.0 Å². The Kier molecular flexibility index (Phi) is 7.88. The zero-order valence-corrected chi connectivity index (χ0v) is 20.9. The van der Waals surface area contributed by atoms with Crippen molar-refractivity contribution in [3.05, 3.63) is 59.2 Å². The second-order valence-corrected chi connectivity index (χ2v) is 9.13. The summed E-state index contributed by atoms with van der Waals surface area (Å²) >= 11 is 0. The van der Waals surface area contributed by atoms with E-state index >= 15 is 4.39 Å². The predicted octanol–water partition coefficient (Wildman–Crippen LogP) is 3.47. The van der Waals surface area contributed by atoms with Crippen molar-refractivity contribution in [1.82, 2.24) is 14.9 Å². The minimum absolute atomic E-state index is 0. The number of anilines is 1. The van der Waals surface area contributed by atoms with Gasteiger partial charge < -0.3 is 19.7 Å². The number of halogens is 2. The van der Waals surface area contributed by atoms with E-state index < -0.39 is 15.8 Å². The maximum Gasteiger partial charge on any atom is 0.266 e. The molecule has 35 heavy (non-hydrogen) atoms. The minimum atomic E-state index is -4.15. The first-order valence-corrected chi connectivity index (χ1v) is 11.9. The van der Waals surface area contributed by atoms with Crippen molar-refractivity contribution < 1.29 is 26.8 Å². The Morgan fingerprint density at radius 2 is 1.97 bits per heavy atom. The molecule has 0 unspecified atom stereocenters. The molecule has 13 heteroatoms. The van der Waals surface area contributed by atoms with Crippen molar-refractivity contribution >= 4 is 39.2 Å². The Morgan fingerprint density at radius 1 is 1.20 bits per heavy atom. The molecule has 0 atom stereocenters. The Hall–Kier alpha value is -3.35. The van der Waals surface area contributed by atoms with Crippen LogP contribution in [-0.2, 0) is 29.5 Å². The molecular weight excluding hydrogens is 501 g/mol. The highest BCUT2D eigenvalue weighted by atomic mass is 35.5. The smallest absolute Gasteiger partial charge is 0.266 e. The van der Waals surface area contributed by atoms with Crippen molar-refractivity contribution in [2.75, 3.05) is 18.9 Å². The number of nitrogens with two attached hydrogens (primary N) is 1. The summed E-state index contributed by atoms with van der Waals surface area (Å²) < 4.78 is 61.5. The van der Waals surface area contributed by atoms with Crippen LogP contribution in [-0.4, -0.2) is 37.6 Å². The lowest BCUT2D eigenvalue weighted by atomic mass is 10.1. The second kappa shape index (κ2) is 10.5. The highest BCUT2D eigenvalue weighted by Gasteiger charge is 2.27. The van der Waals surface area contributed by atoms with Crippen molar-refractivity contribution in [3.8, 4) is 11.5 Å². The molecule has 3 N–H and O–H groups in total. The number of aromatic nitrogens is 3. The van der Waals surface area contributed by atoms with Crippen molar-refractivity contribution in [2.24, 2.45) is 5.73 Å². The van der Waals surface area contributed by atoms with E-state index in [1.165, 1.54) is 31.0 Å². The topological polar surface area (TPSA) is 134 Å². The molecule has 10 nitrogen and oxygen atoms in total. The normalized spacial score (nSPS) is 11.3. The zero-order chi connectivity index (χ0) is 24.5. The largest absolute Gasteiger partial charge is 0.495 e. The van der Waals surface area contributed by atoms with Gasteiger partial charge in [0, 0.05) is 23.9 Å². The summed E-state index contributed by atoms with van der Waals surface area (Å²) in [5, 5.41) is 8.04. The van der Waals surface area contributed by atoms with Crippen molar-refractivity contribution in [3.63, 3.8) is 0 Å². The van der Waals surface area contributed by atoms with Gasteiger partial charge in [-0.3, -0.25) is 9.40 Å². The molecule has 4 rings (SSSR count). The molecule has 0 radical (unpaired) electrons. The molecule has 2 aromatic carbocycles. The van der Waals surface area contributed by atoms with Gasteiger partial charge in [0.15, 0.2) is 23.0 Å². The molecule has 0 saturated heterocycles. The van der Waals surface area contributed by atoms with Gasteiger partial charge in [-0.15, -0.1) is 12.4 Å². The SMILES string of the molecule is CCc1ccc(OC)c(S(=O)(=O)Nc2noc3cc(Cn4cc(CN)cn4)c(F)c(OC)c23)c1.Cl. The molecule has 0 amide bonds. The third kappa shape index (κ3) is 5.04. The van der Waals surface area contributed by atoms with Gasteiger partial charge in [-0.05, 0) is 30.2 Å². The van der Waals surface area contributed by atoms with Gasteiger partial charge in [-0.1, -0.05) is 18.1 Å². The number of rotatable bonds is 9. The molecule has 0 aliphatic heterocycles. The van der Waals surface area contributed by atoms with Crippen LogP contribution in [0.2, 0.25) is 0 Å². The van der Waals surface area contributed by atoms with E-state index in [9.17, 15) is 8.42 Å². The Morgan fingerprint density at radius 3 is 2.60 bits per heavy atom. The molecule has 0 bridgehead atoms. The number of sulfonamides is 1. The molecule has 0 fully saturated rings. The van der Waals surface area contributed by atoms with Crippen molar-refractivity contribution in [1.29, 1.82) is 0 Å². The van der Waals surface area contributed by atoms with Crippen molar-refractivity contribution in [2.45, 2.75) is 31.3 Å². The minimum Gasteiger partial charge on any atom is -0.495 e. The van der Waals surface area contributed by atoms with Gasteiger partial charge in [0.2, 0.25) is 0 Å². The van der Waals surface area contributed by atoms with Crippen LogP contribution < -0.4 is 19.9 Å². The summed E-state index contributed by atoms with van der Waals surface area (Å²) in [6, 6.07) is 6.30. The fourth-order valence-corrected chi connectivity index (χ4v) is 4.81. The van der Waals surface area contributed by atoms with Crippen LogP contribution in [0, 0.1) is 5.82 Å². The lowest BCUT2D eigenvalue weighted by Crippen LogP contribution is -2.15. The number of methoxy groups -OCH3 is 2. The Labute approximate surface area is 207 Å². The number of benzene rings is 2. The lowest BCUT2D eigenvalue weighted by Gasteiger charge is -2.13. The van der Waals surface area contributed by atoms with Gasteiger partial charge in [0.25, 0.3) is 10.0 Å². The van der Waals surface area contributed by atoms with Crippen LogP contribution in [0.3, 0.4) is 0 Å². The van der Waals surface area contributed by atoms with Crippen LogP contribution >= 0.6 is 12.4 Å². The molecule has 0 aliphatic rings. The quantitative estimate of drug-likeness (QED) is 0.339. The summed E-state index contributed by atoms with van der Waals surface area (Å²) in [4.78, 5) is -0.0732. The first-order valence-electron chi connectivity index (χ1n) is 10.4. The average Bonchev–Trinajstić information content (AvgIpc) is 3.45. The van der Waals surface area contributed by atoms with E-state index in [0.717, 1.165) is 11.1 Å². The van der Waals surface area contributed by atoms with E-state index in [4.69, 9.17) is 19.7 Å². The standard InChI is InChI=1S/C22H24FN5O5S.ClH/c1-4-13-5-6-16(31-2)18(7-13)34(29,30)27-22-19-17(33-26-22)8-15(20(23)21(19)32-3)12-28-11-14(9-24)10-25-28;/h5-8,10-11H,4,9,12,24H2,1-3H3,(H,26,27);1H. The number of nitrogens with one attached hydrogen (secondary N) is 1. The number of ether oxygens (including phenoxy) is 2. The summed E-state index contributed by atoms with van der Waals surface area (Å²) in [5.41, 5.74) is 7.57. The maximum absolute atomic E-state index is 15.4. The third-order valence-corrected chi connectivity index (χ3v) is 6.71. The fraction of sp³-hybridized carbons (Fsp3) is 0.273. The van der Waals surface area contributed by atoms with Gasteiger partial charge in [-0.2, -0.15) is 5.10 Å². The molecule has 4 aromatic rings. The van der Waals surface area contributed by atoms with E-state index in [2.05, 4.69) is 15.0 Å². The zero-order valence-electron chi connectivity index (χ0n) is 19.2. The number of nitrogens with zero attached hydrogens (tertiary/aromatic N) is 3. The van der Waals surface area contributed by atoms with Crippen LogP contribution in [0.15, 0.2) is 46.1 Å². The van der Waals surface area contributed by atoms with Gasteiger partial charge in [0.05, 0.1) is 27.0 Å². The highest BCUT2D eigenvalue weighted by molar-refractivity contribution is 7.92. The third-order valence-electron chi connectivity index (χ3n) is 5.35. The maximum atomic E-state index is 15.4. The van der Waals surface area contributed by atoms with E-state index in [1.54, 1.807) is 24.5 Å². The van der Waals surface area contributed by atoms with Crippen LogP contribution in [0.25, 0.3) is 11.0 Å². The van der Waals surface area contributed by atoms with Crippen LogP contribution in [0.4, 0.5) is 10.2 Å². The Bertz CT molecular complexity index is 1450.